The number of pyridine rings is 1. The van der Waals surface area contributed by atoms with Crippen molar-refractivity contribution in [3.05, 3.63) is 51.1 Å². The number of nitrogens with zero attached hydrogens (tertiary/aromatic N) is 1. The van der Waals surface area contributed by atoms with Crippen LogP contribution < -0.4 is 5.32 Å². The van der Waals surface area contributed by atoms with E-state index in [1.54, 1.807) is 18.2 Å². The van der Waals surface area contributed by atoms with E-state index < -0.39 is 5.97 Å². The maximum atomic E-state index is 11.0. The second kappa shape index (κ2) is 5.65. The molecule has 0 aliphatic heterocycles. The molecule has 2 rings (SSSR count). The van der Waals surface area contributed by atoms with E-state index in [0.717, 1.165) is 0 Å². The van der Waals surface area contributed by atoms with Crippen molar-refractivity contribution in [3.8, 4) is 0 Å². The van der Waals surface area contributed by atoms with Crippen LogP contribution in [0.1, 0.15) is 10.4 Å². The summed E-state index contributed by atoms with van der Waals surface area (Å²) in [5.74, 6) is -0.850. The van der Waals surface area contributed by atoms with E-state index in [1.165, 1.54) is 12.3 Å². The first-order chi connectivity index (χ1) is 8.99. The van der Waals surface area contributed by atoms with Gasteiger partial charge in [-0.25, -0.2) is 9.78 Å². The molecule has 0 aliphatic rings. The first-order valence-electron chi connectivity index (χ1n) is 5.09. The van der Waals surface area contributed by atoms with Gasteiger partial charge in [0.25, 0.3) is 0 Å². The number of carboxylic acid groups (broad SMARTS) is 1. The molecule has 0 unspecified atom stereocenters. The number of para-hydroxylation sites is 1. The Labute approximate surface area is 123 Å². The Bertz CT molecular complexity index is 627. The van der Waals surface area contributed by atoms with Gasteiger partial charge in [0, 0.05) is 6.20 Å². The zero-order valence-electron chi connectivity index (χ0n) is 9.32. The highest BCUT2D eigenvalue weighted by molar-refractivity contribution is 6.39. The van der Waals surface area contributed by atoms with Crippen LogP contribution in [0.3, 0.4) is 0 Å². The van der Waals surface area contributed by atoms with Gasteiger partial charge in [0.15, 0.2) is 0 Å². The fourth-order valence-electron chi connectivity index (χ4n) is 1.42. The molecule has 0 saturated carbocycles. The molecule has 0 spiro atoms. The van der Waals surface area contributed by atoms with Crippen LogP contribution >= 0.6 is 34.8 Å². The van der Waals surface area contributed by atoms with E-state index in [2.05, 4.69) is 10.3 Å². The summed E-state index contributed by atoms with van der Waals surface area (Å²) < 4.78 is 0. The third kappa shape index (κ3) is 3.10. The Morgan fingerprint density at radius 2 is 1.79 bits per heavy atom. The van der Waals surface area contributed by atoms with Gasteiger partial charge in [0.05, 0.1) is 26.3 Å². The zero-order valence-corrected chi connectivity index (χ0v) is 11.6. The maximum absolute atomic E-state index is 11.0. The monoisotopic (exact) mass is 316 g/mol. The molecule has 0 fully saturated rings. The fourth-order valence-corrected chi connectivity index (χ4v) is 2.09. The van der Waals surface area contributed by atoms with Gasteiger partial charge in [-0.1, -0.05) is 40.9 Å². The number of carboxylic acids is 1. The van der Waals surface area contributed by atoms with Crippen molar-refractivity contribution in [2.75, 3.05) is 5.32 Å². The normalized spacial score (nSPS) is 10.3. The zero-order chi connectivity index (χ0) is 14.0. The molecule has 19 heavy (non-hydrogen) atoms. The summed E-state index contributed by atoms with van der Waals surface area (Å²) in [4.78, 5) is 14.9. The maximum Gasteiger partial charge on any atom is 0.337 e. The Morgan fingerprint density at radius 1 is 1.16 bits per heavy atom. The molecule has 0 radical (unpaired) electrons. The van der Waals surface area contributed by atoms with E-state index in [-0.39, 0.29) is 16.4 Å². The molecule has 0 saturated heterocycles. The summed E-state index contributed by atoms with van der Waals surface area (Å²) in [6.45, 7) is 0. The summed E-state index contributed by atoms with van der Waals surface area (Å²) >= 11 is 17.7. The lowest BCUT2D eigenvalue weighted by Gasteiger charge is -2.10. The minimum Gasteiger partial charge on any atom is -0.478 e. The van der Waals surface area contributed by atoms with E-state index >= 15 is 0 Å². The molecule has 2 N–H and O–H groups in total. The Balaban J connectivity index is 2.39. The fraction of sp³-hybridized carbons (Fsp3) is 0. The molecular weight excluding hydrogens is 311 g/mol. The topological polar surface area (TPSA) is 62.2 Å². The molecule has 1 aromatic heterocycles. The number of aromatic nitrogens is 1. The highest BCUT2D eigenvalue weighted by Crippen LogP contribution is 2.32. The van der Waals surface area contributed by atoms with Gasteiger partial charge in [-0.2, -0.15) is 0 Å². The Hall–Kier alpha value is -1.49. The molecule has 4 nitrogen and oxygen atoms in total. The largest absolute Gasteiger partial charge is 0.478 e. The van der Waals surface area contributed by atoms with E-state index in [0.29, 0.717) is 15.7 Å². The van der Waals surface area contributed by atoms with Crippen molar-refractivity contribution in [2.45, 2.75) is 0 Å². The van der Waals surface area contributed by atoms with Crippen LogP contribution in [0.4, 0.5) is 11.5 Å². The van der Waals surface area contributed by atoms with Crippen molar-refractivity contribution in [1.82, 2.24) is 4.98 Å². The van der Waals surface area contributed by atoms with Gasteiger partial charge in [-0.05, 0) is 18.2 Å². The van der Waals surface area contributed by atoms with Gasteiger partial charge < -0.3 is 10.4 Å². The van der Waals surface area contributed by atoms with Crippen molar-refractivity contribution in [2.24, 2.45) is 0 Å². The minimum atomic E-state index is -1.14. The predicted octanol–water partition coefficient (Wildman–Crippen LogP) is 4.48. The van der Waals surface area contributed by atoms with Crippen LogP contribution in [0.5, 0.6) is 0 Å². The van der Waals surface area contributed by atoms with Gasteiger partial charge in [0.1, 0.15) is 5.82 Å². The van der Waals surface area contributed by atoms with Crippen LogP contribution in [-0.4, -0.2) is 16.1 Å². The summed E-state index contributed by atoms with van der Waals surface area (Å²) in [7, 11) is 0. The second-order valence-corrected chi connectivity index (χ2v) is 4.80. The van der Waals surface area contributed by atoms with E-state index in [4.69, 9.17) is 39.9 Å². The molecule has 1 aromatic carbocycles. The number of nitrogens with one attached hydrogen (secondary N) is 1. The van der Waals surface area contributed by atoms with Crippen LogP contribution in [-0.2, 0) is 0 Å². The molecule has 2 aromatic rings. The highest BCUT2D eigenvalue weighted by Gasteiger charge is 2.12. The van der Waals surface area contributed by atoms with Gasteiger partial charge >= 0.3 is 5.97 Å². The lowest BCUT2D eigenvalue weighted by molar-refractivity contribution is 0.0697. The third-order valence-corrected chi connectivity index (χ3v) is 3.23. The molecule has 7 heteroatoms. The Kier molecular flexibility index (Phi) is 4.14. The smallest absolute Gasteiger partial charge is 0.337 e. The first kappa shape index (κ1) is 13.9. The molecule has 0 aliphatic carbocycles. The van der Waals surface area contributed by atoms with Crippen LogP contribution in [0.25, 0.3) is 0 Å². The Morgan fingerprint density at radius 3 is 2.37 bits per heavy atom. The van der Waals surface area contributed by atoms with Crippen molar-refractivity contribution in [3.63, 3.8) is 0 Å². The molecule has 98 valence electrons. The SMILES string of the molecule is O=C(O)c1cc(Nc2c(Cl)cccc2Cl)ncc1Cl. The second-order valence-electron chi connectivity index (χ2n) is 3.58. The average molecular weight is 318 g/mol. The molecule has 0 atom stereocenters. The average Bonchev–Trinajstić information content (AvgIpc) is 2.35. The van der Waals surface area contributed by atoms with Crippen molar-refractivity contribution in [1.29, 1.82) is 0 Å². The third-order valence-electron chi connectivity index (χ3n) is 2.30. The molecule has 0 bridgehead atoms. The number of anilines is 2. The van der Waals surface area contributed by atoms with Crippen LogP contribution in [0.15, 0.2) is 30.5 Å². The summed E-state index contributed by atoms with van der Waals surface area (Å²) in [5.41, 5.74) is 0.402. The highest BCUT2D eigenvalue weighted by atomic mass is 35.5. The summed E-state index contributed by atoms with van der Waals surface area (Å²) in [6.07, 6.45) is 1.25. The number of carbonyl (C=O) groups is 1. The van der Waals surface area contributed by atoms with Crippen molar-refractivity contribution < 1.29 is 9.90 Å². The standard InChI is InChI=1S/C12H7Cl3N2O2/c13-7-2-1-3-8(14)11(7)17-10-4-6(12(18)19)9(15)5-16-10/h1-5H,(H,16,17)(H,18,19). The number of hydrogen-bond acceptors (Lipinski definition) is 3. The molecular formula is C12H7Cl3N2O2. The lowest BCUT2D eigenvalue weighted by Crippen LogP contribution is -2.01. The molecule has 0 amide bonds. The van der Waals surface area contributed by atoms with Gasteiger partial charge in [-0.3, -0.25) is 0 Å². The lowest BCUT2D eigenvalue weighted by atomic mass is 10.2. The predicted molar refractivity (Wildman–Crippen MR) is 76.0 cm³/mol. The number of halogens is 3. The number of benzene rings is 1. The number of aromatic carboxylic acids is 1. The summed E-state index contributed by atoms with van der Waals surface area (Å²) in [6, 6.07) is 6.33. The number of hydrogen-bond donors (Lipinski definition) is 2. The quantitative estimate of drug-likeness (QED) is 0.876. The van der Waals surface area contributed by atoms with Crippen LogP contribution in [0.2, 0.25) is 15.1 Å². The first-order valence-corrected chi connectivity index (χ1v) is 6.22. The summed E-state index contributed by atoms with van der Waals surface area (Å²) in [5, 5.41) is 12.7. The molecule has 1 heterocycles. The van der Waals surface area contributed by atoms with E-state index in [1.807, 2.05) is 0 Å². The number of rotatable bonds is 3. The van der Waals surface area contributed by atoms with Gasteiger partial charge in [0.2, 0.25) is 0 Å². The van der Waals surface area contributed by atoms with E-state index in [9.17, 15) is 4.79 Å². The van der Waals surface area contributed by atoms with Crippen LogP contribution in [0, 0.1) is 0 Å². The van der Waals surface area contributed by atoms with Gasteiger partial charge in [-0.15, -0.1) is 0 Å². The minimum absolute atomic E-state index is 0.0534. The van der Waals surface area contributed by atoms with Crippen molar-refractivity contribution >= 4 is 52.3 Å².